The lowest BCUT2D eigenvalue weighted by atomic mass is 10.0. The van der Waals surface area contributed by atoms with E-state index < -0.39 is 35.2 Å². The summed E-state index contributed by atoms with van der Waals surface area (Å²) in [5.74, 6) is -3.90. The molecule has 0 aliphatic carbocycles. The summed E-state index contributed by atoms with van der Waals surface area (Å²) in [4.78, 5) is 63.3. The molecule has 0 unspecified atom stereocenters. The molecule has 448 valence electrons. The van der Waals surface area contributed by atoms with Crippen molar-refractivity contribution in [2.75, 3.05) is 27.4 Å². The third-order valence-corrected chi connectivity index (χ3v) is 14.2. The summed E-state index contributed by atoms with van der Waals surface area (Å²) >= 11 is 0. The van der Waals surface area contributed by atoms with Gasteiger partial charge in [0.25, 0.3) is 0 Å². The number of imidazole rings is 2. The molecule has 0 amide bonds. The van der Waals surface area contributed by atoms with Crippen molar-refractivity contribution in [3.63, 3.8) is 0 Å². The molecule has 23 nitrogen and oxygen atoms in total. The summed E-state index contributed by atoms with van der Waals surface area (Å²) < 4.78 is 98.6. The van der Waals surface area contributed by atoms with Crippen LogP contribution in [-0.4, -0.2) is 118 Å². The Bertz CT molecular complexity index is 4320. The molecule has 0 aliphatic heterocycles. The van der Waals surface area contributed by atoms with Gasteiger partial charge in [-0.15, -0.1) is 10.2 Å². The Labute approximate surface area is 502 Å². The fourth-order valence-corrected chi connectivity index (χ4v) is 9.75. The molecule has 0 spiro atoms. The van der Waals surface area contributed by atoms with Crippen molar-refractivity contribution in [3.8, 4) is 57.1 Å². The molecule has 0 saturated heterocycles. The number of hydrogen-bond donors (Lipinski definition) is 0. The topological polar surface area (TPSA) is 255 Å². The second kappa shape index (κ2) is 25.5. The first kappa shape index (κ1) is 58.3. The lowest BCUT2D eigenvalue weighted by molar-refractivity contribution is 0.0397. The second-order valence-corrected chi connectivity index (χ2v) is 20.3. The summed E-state index contributed by atoms with van der Waals surface area (Å²) in [6.07, 6.45) is 9.28. The molecule has 27 heteroatoms. The van der Waals surface area contributed by atoms with Crippen LogP contribution in [0.1, 0.15) is 54.9 Å². The van der Waals surface area contributed by atoms with Crippen molar-refractivity contribution in [2.45, 2.75) is 39.1 Å². The van der Waals surface area contributed by atoms with Crippen LogP contribution < -0.4 is 9.47 Å². The van der Waals surface area contributed by atoms with Gasteiger partial charge in [0.2, 0.25) is 11.8 Å². The van der Waals surface area contributed by atoms with Crippen LogP contribution in [0.2, 0.25) is 0 Å². The van der Waals surface area contributed by atoms with E-state index in [9.17, 15) is 9.59 Å². The minimum Gasteiger partial charge on any atom is -0.471 e. The van der Waals surface area contributed by atoms with Crippen LogP contribution in [0, 0.1) is 23.3 Å². The number of carbonyl (C=O) groups excluding carboxylic acids is 2. The quantitative estimate of drug-likeness (QED) is 0.0349. The first-order chi connectivity index (χ1) is 43.2. The van der Waals surface area contributed by atoms with Gasteiger partial charge in [-0.1, -0.05) is 22.6 Å². The number of methoxy groups -OCH3 is 2. The zero-order valence-corrected chi connectivity index (χ0v) is 47.9. The average Bonchev–Trinajstić information content (AvgIpc) is 2.48. The minimum atomic E-state index is -0.980. The van der Waals surface area contributed by atoms with E-state index in [1.807, 2.05) is 0 Å². The van der Waals surface area contributed by atoms with E-state index >= 15 is 17.6 Å². The Balaban J connectivity index is 0.715. The molecule has 12 rings (SSSR count). The summed E-state index contributed by atoms with van der Waals surface area (Å²) in [7, 11) is 6.50. The van der Waals surface area contributed by atoms with Crippen LogP contribution in [0.5, 0.6) is 11.8 Å². The Hall–Kier alpha value is -11.1. The Kier molecular flexibility index (Phi) is 16.7. The highest BCUT2D eigenvalue weighted by Gasteiger charge is 2.24. The molecule has 0 aliphatic rings. The van der Waals surface area contributed by atoms with Crippen LogP contribution in [0.25, 0.3) is 67.4 Å². The lowest BCUT2D eigenvalue weighted by Gasteiger charge is -2.12. The van der Waals surface area contributed by atoms with Crippen LogP contribution >= 0.6 is 0 Å². The largest absolute Gasteiger partial charge is 0.471 e. The number of aromatic nitrogens is 16. The molecule has 8 aromatic heterocycles. The summed E-state index contributed by atoms with van der Waals surface area (Å²) in [6.45, 7) is 0.822. The van der Waals surface area contributed by atoms with Gasteiger partial charge in [-0.05, 0) is 83.9 Å². The number of fused-ring (bicyclic) bond motifs is 2. The van der Waals surface area contributed by atoms with Crippen molar-refractivity contribution in [2.24, 2.45) is 14.1 Å². The predicted molar refractivity (Wildman–Crippen MR) is 310 cm³/mol. The molecule has 0 fully saturated rings. The predicted octanol–water partition coefficient (Wildman–Crippen LogP) is 8.87. The van der Waals surface area contributed by atoms with Crippen LogP contribution in [0.15, 0.2) is 134 Å². The molecule has 0 atom stereocenters. The molecule has 8 heterocycles. The molecule has 12 aromatic rings. The molecule has 0 N–H and O–H groups in total. The Morgan fingerprint density at radius 3 is 1.33 bits per heavy atom. The Morgan fingerprint density at radius 2 is 0.933 bits per heavy atom. The van der Waals surface area contributed by atoms with E-state index in [2.05, 4.69) is 50.5 Å². The number of esters is 2. The highest BCUT2D eigenvalue weighted by atomic mass is 19.1. The molecular formula is C62H50F4N16O7. The van der Waals surface area contributed by atoms with Crippen molar-refractivity contribution in [1.29, 1.82) is 0 Å². The van der Waals surface area contributed by atoms with E-state index in [4.69, 9.17) is 33.7 Å². The zero-order chi connectivity index (χ0) is 61.7. The van der Waals surface area contributed by atoms with E-state index in [-0.39, 0.29) is 109 Å². The van der Waals surface area contributed by atoms with Crippen molar-refractivity contribution in [3.05, 3.63) is 203 Å². The van der Waals surface area contributed by atoms with Gasteiger partial charge in [-0.25, -0.2) is 47.1 Å². The number of aryl methyl sites for hydroxylation is 2. The van der Waals surface area contributed by atoms with Crippen LogP contribution in [0.3, 0.4) is 0 Å². The summed E-state index contributed by atoms with van der Waals surface area (Å²) in [5, 5.41) is 15.9. The molecule has 0 saturated carbocycles. The highest BCUT2D eigenvalue weighted by Crippen LogP contribution is 2.31. The van der Waals surface area contributed by atoms with E-state index in [0.29, 0.717) is 67.9 Å². The molecule has 0 bridgehead atoms. The lowest BCUT2D eigenvalue weighted by Crippen LogP contribution is -2.14. The maximum Gasteiger partial charge on any atom is 0.346 e. The van der Waals surface area contributed by atoms with Gasteiger partial charge in [0, 0.05) is 77.5 Å². The van der Waals surface area contributed by atoms with Gasteiger partial charge in [0.15, 0.2) is 0 Å². The van der Waals surface area contributed by atoms with Gasteiger partial charge >= 0.3 is 11.9 Å². The van der Waals surface area contributed by atoms with Crippen LogP contribution in [0.4, 0.5) is 17.6 Å². The fourth-order valence-electron chi connectivity index (χ4n) is 9.75. The number of benzene rings is 4. The second-order valence-electron chi connectivity index (χ2n) is 20.3. The maximum atomic E-state index is 16.1. The fraction of sp³-hybridized carbons (Fsp3) is 0.194. The number of carbonyl (C=O) groups is 2. The van der Waals surface area contributed by atoms with E-state index in [1.165, 1.54) is 63.0 Å². The van der Waals surface area contributed by atoms with Gasteiger partial charge in [-0.3, -0.25) is 29.3 Å². The maximum absolute atomic E-state index is 16.1. The monoisotopic (exact) mass is 1210 g/mol. The first-order valence-electron chi connectivity index (χ1n) is 27.5. The molecular weight excluding hydrogens is 1160 g/mol. The standard InChI is InChI=1S/C62H50F4N16O7/c1-79-31-53(75-77-79)51-29-67-39(27-69-51)33-87-59-9-5-7-47(73-59)41-25-43(63)37(19-45(41)65)23-57-71-49-13-11-35(21-55(49)81(57)15-17-85-3)61(83)89-62(84)36-12-14-50-56(22-36)82(16-18-86-4)58(72-50)24-38-20-46(66)42(26-44(38)64)48-8-6-10-60(74-48)88-34-40-28-70-52(30-68-40)54-32-80(2)78-76-54/h5-14,19-22,25-32H,15-18,23-24,33-34H2,1-4H3. The third-order valence-electron chi connectivity index (χ3n) is 14.2. The number of ether oxygens (including phenoxy) is 5. The SMILES string of the molecule is COCCn1c(Cc2cc(F)c(-c3cccc(OCc4cnc(-c5cn(C)nn5)cn4)n3)cc2F)nc2ccc(C(=O)OC(=O)c3ccc4nc(Cc5cc(F)c(-c6cccc(OCc7cnc(-c8cn(C)nn8)cn7)n6)cc5F)n(CCOC)c4c3)cc21. The van der Waals surface area contributed by atoms with Gasteiger partial charge in [-0.2, -0.15) is 0 Å². The van der Waals surface area contributed by atoms with E-state index in [1.54, 1.807) is 93.8 Å². The number of pyridine rings is 2. The summed E-state index contributed by atoms with van der Waals surface area (Å²) in [5.41, 5.74) is 4.97. The van der Waals surface area contributed by atoms with Gasteiger partial charge in [0.1, 0.15) is 70.9 Å². The first-order valence-corrected chi connectivity index (χ1v) is 27.5. The normalized spacial score (nSPS) is 11.5. The molecule has 4 aromatic carbocycles. The third kappa shape index (κ3) is 12.9. The number of nitrogens with zero attached hydrogens (tertiary/aromatic N) is 16. The average molecular weight is 1210 g/mol. The van der Waals surface area contributed by atoms with Crippen molar-refractivity contribution in [1.82, 2.24) is 79.0 Å². The Morgan fingerprint density at radius 1 is 0.483 bits per heavy atom. The van der Waals surface area contributed by atoms with Crippen molar-refractivity contribution >= 4 is 34.0 Å². The number of hydrogen-bond acceptors (Lipinski definition) is 19. The smallest absolute Gasteiger partial charge is 0.346 e. The summed E-state index contributed by atoms with van der Waals surface area (Å²) in [6, 6.07) is 22.7. The molecule has 0 radical (unpaired) electrons. The highest BCUT2D eigenvalue weighted by molar-refractivity contribution is 6.05. The van der Waals surface area contributed by atoms with Crippen LogP contribution in [-0.2, 0) is 67.5 Å². The number of halogens is 4. The van der Waals surface area contributed by atoms with E-state index in [0.717, 1.165) is 24.3 Å². The van der Waals surface area contributed by atoms with Gasteiger partial charge < -0.3 is 32.8 Å². The number of rotatable bonds is 22. The molecule has 89 heavy (non-hydrogen) atoms. The van der Waals surface area contributed by atoms with Crippen molar-refractivity contribution < 1.29 is 50.8 Å². The zero-order valence-electron chi connectivity index (χ0n) is 47.9. The minimum absolute atomic E-state index is 0.000795. The van der Waals surface area contributed by atoms with Gasteiger partial charge in [0.05, 0.1) is 106 Å².